The molecule has 1 unspecified atom stereocenters. The summed E-state index contributed by atoms with van der Waals surface area (Å²) in [6, 6.07) is 12.5. The average molecular weight is 377 g/mol. The number of nitrogens with zero attached hydrogens (tertiary/aromatic N) is 1. The highest BCUT2D eigenvalue weighted by atomic mass is 16.7. The molecule has 0 spiro atoms. The molecular formula is C23H25N2O3+. The van der Waals surface area contributed by atoms with Crippen LogP contribution in [0.25, 0.3) is 6.08 Å². The first kappa shape index (κ1) is 17.3. The lowest BCUT2D eigenvalue weighted by atomic mass is 9.89. The Balaban J connectivity index is 1.44. The molecule has 3 atom stereocenters. The van der Waals surface area contributed by atoms with Gasteiger partial charge in [0.1, 0.15) is 0 Å². The first-order chi connectivity index (χ1) is 13.6. The maximum absolute atomic E-state index is 13.2. The number of nitrogens with one attached hydrogen (secondary N) is 1. The normalized spacial score (nSPS) is 25.1. The summed E-state index contributed by atoms with van der Waals surface area (Å²) in [5, 5.41) is 0. The van der Waals surface area contributed by atoms with Crippen molar-refractivity contribution in [1.82, 2.24) is 0 Å². The summed E-state index contributed by atoms with van der Waals surface area (Å²) in [6.07, 6.45) is 4.59. The molecule has 28 heavy (non-hydrogen) atoms. The summed E-state index contributed by atoms with van der Waals surface area (Å²) in [6.45, 7) is 4.56. The van der Waals surface area contributed by atoms with Crippen LogP contribution in [0.3, 0.4) is 0 Å². The van der Waals surface area contributed by atoms with E-state index in [9.17, 15) is 4.79 Å². The Morgan fingerprint density at radius 3 is 2.93 bits per heavy atom. The van der Waals surface area contributed by atoms with Crippen LogP contribution >= 0.6 is 0 Å². The number of fused-ring (bicyclic) bond motifs is 4. The van der Waals surface area contributed by atoms with Crippen LogP contribution in [0.1, 0.15) is 29.0 Å². The number of likely N-dealkylation sites (N-methyl/N-ethyl adjacent to an activating group) is 1. The van der Waals surface area contributed by atoms with E-state index in [0.29, 0.717) is 5.92 Å². The van der Waals surface area contributed by atoms with Crippen molar-refractivity contribution in [3.8, 4) is 11.5 Å². The van der Waals surface area contributed by atoms with Crippen LogP contribution < -0.4 is 19.3 Å². The van der Waals surface area contributed by atoms with E-state index < -0.39 is 0 Å². The minimum absolute atomic E-state index is 0.0508. The zero-order valence-corrected chi connectivity index (χ0v) is 16.3. The molecule has 0 bridgehead atoms. The highest BCUT2D eigenvalue weighted by Gasteiger charge is 2.45. The average Bonchev–Trinajstić information content (AvgIpc) is 3.27. The molecular weight excluding hydrogens is 352 g/mol. The van der Waals surface area contributed by atoms with Crippen molar-refractivity contribution >= 4 is 17.7 Å². The largest absolute Gasteiger partial charge is 0.454 e. The number of hydrogen-bond donors (Lipinski definition) is 1. The van der Waals surface area contributed by atoms with Gasteiger partial charge in [0.25, 0.3) is 5.91 Å². The maximum atomic E-state index is 13.2. The summed E-state index contributed by atoms with van der Waals surface area (Å²) >= 11 is 0. The molecule has 2 aromatic rings. The smallest absolute Gasteiger partial charge is 0.251 e. The van der Waals surface area contributed by atoms with Gasteiger partial charge in [0.2, 0.25) is 6.79 Å². The number of ether oxygens (including phenoxy) is 2. The number of carbonyl (C=O) groups is 1. The van der Waals surface area contributed by atoms with Crippen LogP contribution in [0.4, 0.5) is 5.69 Å². The minimum Gasteiger partial charge on any atom is -0.454 e. The highest BCUT2D eigenvalue weighted by molar-refractivity contribution is 6.06. The van der Waals surface area contributed by atoms with Gasteiger partial charge in [-0.25, -0.2) is 0 Å². The van der Waals surface area contributed by atoms with Gasteiger partial charge < -0.3 is 19.3 Å². The standard InChI is InChI=1S/C23H24N2O3/c1-15-3-6-19-17(11-15)18-13-24(2)10-9-20(18)25(19)23(26)8-5-16-4-7-21-22(12-16)28-14-27-21/h3-8,11-12,18,20H,9-10,13-14H2,1-2H3/p+1/b8-5+/t18-,20-/m0/s1. The lowest BCUT2D eigenvalue weighted by Gasteiger charge is -2.34. The number of anilines is 1. The van der Waals surface area contributed by atoms with E-state index in [2.05, 4.69) is 32.2 Å². The number of benzene rings is 2. The summed E-state index contributed by atoms with van der Waals surface area (Å²) in [5.74, 6) is 1.96. The van der Waals surface area contributed by atoms with E-state index in [-0.39, 0.29) is 18.7 Å². The molecule has 3 heterocycles. The van der Waals surface area contributed by atoms with Gasteiger partial charge in [0.15, 0.2) is 11.5 Å². The maximum Gasteiger partial charge on any atom is 0.251 e. The molecule has 5 heteroatoms. The molecule has 1 N–H and O–H groups in total. The zero-order chi connectivity index (χ0) is 19.3. The Hall–Kier alpha value is -2.79. The van der Waals surface area contributed by atoms with Crippen molar-refractivity contribution in [2.75, 3.05) is 31.8 Å². The van der Waals surface area contributed by atoms with Crippen LogP contribution in [0.15, 0.2) is 42.5 Å². The van der Waals surface area contributed by atoms with Crippen LogP contribution in [0, 0.1) is 6.92 Å². The highest BCUT2D eigenvalue weighted by Crippen LogP contribution is 2.43. The van der Waals surface area contributed by atoms with Crippen LogP contribution in [0.2, 0.25) is 0 Å². The van der Waals surface area contributed by atoms with E-state index in [0.717, 1.165) is 42.3 Å². The SMILES string of the molecule is Cc1ccc2c(c1)[C@@H]1C[NH+](C)CC[C@@H]1N2C(=O)/C=C/c1ccc2c(c1)OCO2. The summed E-state index contributed by atoms with van der Waals surface area (Å²) in [4.78, 5) is 16.8. The Labute approximate surface area is 165 Å². The van der Waals surface area contributed by atoms with Gasteiger partial charge in [-0.3, -0.25) is 4.79 Å². The monoisotopic (exact) mass is 377 g/mol. The molecule has 5 nitrogen and oxygen atoms in total. The number of quaternary nitrogens is 1. The Bertz CT molecular complexity index is 968. The lowest BCUT2D eigenvalue weighted by molar-refractivity contribution is -0.886. The molecule has 1 saturated heterocycles. The van der Waals surface area contributed by atoms with Crippen LogP contribution in [0.5, 0.6) is 11.5 Å². The molecule has 0 saturated carbocycles. The van der Waals surface area contributed by atoms with E-state index in [1.165, 1.54) is 11.1 Å². The van der Waals surface area contributed by atoms with E-state index in [1.807, 2.05) is 29.2 Å². The van der Waals surface area contributed by atoms with Crippen LogP contribution in [-0.2, 0) is 4.79 Å². The number of aryl methyl sites for hydroxylation is 1. The van der Waals surface area contributed by atoms with Gasteiger partial charge in [-0.1, -0.05) is 23.8 Å². The predicted octanol–water partition coefficient (Wildman–Crippen LogP) is 2.15. The van der Waals surface area contributed by atoms with Gasteiger partial charge in [0, 0.05) is 18.2 Å². The Morgan fingerprint density at radius 2 is 2.04 bits per heavy atom. The van der Waals surface area contributed by atoms with Crippen molar-refractivity contribution in [3.63, 3.8) is 0 Å². The quantitative estimate of drug-likeness (QED) is 0.816. The van der Waals surface area contributed by atoms with Crippen LogP contribution in [-0.4, -0.2) is 38.9 Å². The van der Waals surface area contributed by atoms with E-state index in [4.69, 9.17) is 9.47 Å². The van der Waals surface area contributed by atoms with Crippen molar-refractivity contribution in [1.29, 1.82) is 0 Å². The third-order valence-corrected chi connectivity index (χ3v) is 6.13. The van der Waals surface area contributed by atoms with Crippen molar-refractivity contribution in [2.45, 2.75) is 25.3 Å². The summed E-state index contributed by atoms with van der Waals surface area (Å²) < 4.78 is 10.8. The van der Waals surface area contributed by atoms with Gasteiger partial charge in [-0.15, -0.1) is 0 Å². The van der Waals surface area contributed by atoms with Gasteiger partial charge in [-0.2, -0.15) is 0 Å². The number of hydrogen-bond acceptors (Lipinski definition) is 3. The first-order valence-corrected chi connectivity index (χ1v) is 9.93. The molecule has 0 aromatic heterocycles. The van der Waals surface area contributed by atoms with Gasteiger partial charge in [-0.05, 0) is 42.3 Å². The number of likely N-dealkylation sites (tertiary alicyclic amines) is 1. The molecule has 3 aliphatic heterocycles. The summed E-state index contributed by atoms with van der Waals surface area (Å²) in [5.41, 5.74) is 4.60. The third-order valence-electron chi connectivity index (χ3n) is 6.13. The molecule has 2 aromatic carbocycles. The topological polar surface area (TPSA) is 43.2 Å². The van der Waals surface area contributed by atoms with Crippen molar-refractivity contribution < 1.29 is 19.2 Å². The lowest BCUT2D eigenvalue weighted by Crippen LogP contribution is -3.11. The predicted molar refractivity (Wildman–Crippen MR) is 108 cm³/mol. The minimum atomic E-state index is 0.0508. The number of amides is 1. The van der Waals surface area contributed by atoms with E-state index in [1.54, 1.807) is 11.0 Å². The van der Waals surface area contributed by atoms with Crippen molar-refractivity contribution in [2.24, 2.45) is 0 Å². The zero-order valence-electron chi connectivity index (χ0n) is 16.3. The molecule has 1 fully saturated rings. The second-order valence-electron chi connectivity index (χ2n) is 8.09. The van der Waals surface area contributed by atoms with Gasteiger partial charge in [0.05, 0.1) is 32.1 Å². The fourth-order valence-corrected chi connectivity index (χ4v) is 4.75. The summed E-state index contributed by atoms with van der Waals surface area (Å²) in [7, 11) is 2.25. The second kappa shape index (κ2) is 6.67. The molecule has 5 rings (SSSR count). The molecule has 1 amide bonds. The first-order valence-electron chi connectivity index (χ1n) is 9.93. The molecule has 3 aliphatic rings. The Kier molecular flexibility index (Phi) is 4.13. The molecule has 0 radical (unpaired) electrons. The number of rotatable bonds is 2. The fraction of sp³-hybridized carbons (Fsp3) is 0.348. The Morgan fingerprint density at radius 1 is 1.18 bits per heavy atom. The number of piperidine rings is 1. The second-order valence-corrected chi connectivity index (χ2v) is 8.09. The fourth-order valence-electron chi connectivity index (χ4n) is 4.75. The van der Waals surface area contributed by atoms with Gasteiger partial charge >= 0.3 is 0 Å². The molecule has 144 valence electrons. The third kappa shape index (κ3) is 2.87. The van der Waals surface area contributed by atoms with E-state index >= 15 is 0 Å². The molecule has 0 aliphatic carbocycles. The van der Waals surface area contributed by atoms with Crippen molar-refractivity contribution in [3.05, 3.63) is 59.2 Å². The number of carbonyl (C=O) groups excluding carboxylic acids is 1.